The minimum Gasteiger partial charge on any atom is -0.340 e. The third-order valence-electron chi connectivity index (χ3n) is 19.2. The molecule has 15 rings (SSSR count). The van der Waals surface area contributed by atoms with Gasteiger partial charge >= 0.3 is 0 Å². The second-order valence-corrected chi connectivity index (χ2v) is 26.4. The number of aromatic nitrogens is 1. The Morgan fingerprint density at radius 1 is 0.262 bits per heavy atom. The minimum atomic E-state index is 0.495. The molecule has 107 heavy (non-hydrogen) atoms. The van der Waals surface area contributed by atoms with Crippen molar-refractivity contribution in [2.45, 2.75) is 46.1 Å². The first-order valence-corrected chi connectivity index (χ1v) is 36.8. The molecule has 0 spiro atoms. The van der Waals surface area contributed by atoms with E-state index in [1.165, 1.54) is 17.5 Å². The maximum Gasteiger partial charge on any atom is 0.0652 e. The molecule has 1 unspecified atom stereocenters. The average Bonchev–Trinajstić information content (AvgIpc) is 1.59. The molecule has 0 saturated carbocycles. The molecule has 11 nitrogen and oxygen atoms in total. The van der Waals surface area contributed by atoms with E-state index in [4.69, 9.17) is 20.4 Å². The van der Waals surface area contributed by atoms with Crippen molar-refractivity contribution in [3.05, 3.63) is 398 Å². The lowest BCUT2D eigenvalue weighted by molar-refractivity contribution is 0.401. The van der Waals surface area contributed by atoms with Crippen molar-refractivity contribution in [2.24, 2.45) is 26.3 Å². The first-order valence-electron chi connectivity index (χ1n) is 36.8. The van der Waals surface area contributed by atoms with Crippen molar-refractivity contribution in [2.75, 3.05) is 29.8 Å². The Morgan fingerprint density at radius 3 is 0.701 bits per heavy atom. The third-order valence-corrected chi connectivity index (χ3v) is 19.2. The van der Waals surface area contributed by atoms with Crippen molar-refractivity contribution in [1.82, 2.24) is 4.57 Å². The second-order valence-electron chi connectivity index (χ2n) is 26.4. The molecule has 11 heteroatoms. The molecule has 14 aromatic carbocycles. The normalized spacial score (nSPS) is 11.8. The van der Waals surface area contributed by atoms with Crippen LogP contribution in [-0.2, 0) is 6.54 Å². The SMILES string of the molecule is CCCCC(CC)Cn1c2ccc(N(c3ccc(/C=N/N(c4ccccc4)c4ccccc4)cc3)c3ccc(/C=N/N(c4ccccc4)c4ccccc4)cc3)cc2c2cc(N(c3ccc(/C=N/N(c4ccccc4)c4ccccc4)cc3)c3ccc(/C=N/N(c4ccccc4)c4ccccc4)cc3)ccc21. The highest BCUT2D eigenvalue weighted by Crippen LogP contribution is 2.44. The summed E-state index contributed by atoms with van der Waals surface area (Å²) in [6, 6.07) is 131. The van der Waals surface area contributed by atoms with Gasteiger partial charge in [-0.05, 0) is 217 Å². The number of rotatable bonds is 28. The van der Waals surface area contributed by atoms with Crippen molar-refractivity contribution in [1.29, 1.82) is 0 Å². The average molecular weight is 1390 g/mol. The number of hydrogen-bond donors (Lipinski definition) is 0. The zero-order valence-electron chi connectivity index (χ0n) is 60.1. The van der Waals surface area contributed by atoms with Gasteiger partial charge in [-0.1, -0.05) is 227 Å². The molecular weight excluding hydrogens is 1310 g/mol. The van der Waals surface area contributed by atoms with Crippen LogP contribution < -0.4 is 29.8 Å². The number of hydrazone groups is 4. The number of unbranched alkanes of at least 4 members (excludes halogenated alkanes) is 1. The van der Waals surface area contributed by atoms with Gasteiger partial charge in [0.25, 0.3) is 0 Å². The summed E-state index contributed by atoms with van der Waals surface area (Å²) in [7, 11) is 0. The van der Waals surface area contributed by atoms with E-state index in [0.29, 0.717) is 5.92 Å². The Morgan fingerprint density at radius 2 is 0.486 bits per heavy atom. The lowest BCUT2D eigenvalue weighted by atomic mass is 9.99. The van der Waals surface area contributed by atoms with Crippen LogP contribution in [0.25, 0.3) is 21.8 Å². The summed E-state index contributed by atoms with van der Waals surface area (Å²) < 4.78 is 2.59. The molecule has 1 heterocycles. The highest BCUT2D eigenvalue weighted by Gasteiger charge is 2.23. The molecular formula is C96H83N11. The molecule has 522 valence electrons. The maximum absolute atomic E-state index is 5.10. The molecule has 0 N–H and O–H groups in total. The fourth-order valence-corrected chi connectivity index (χ4v) is 13.6. The van der Waals surface area contributed by atoms with Gasteiger partial charge in [-0.25, -0.2) is 20.0 Å². The predicted octanol–water partition coefficient (Wildman–Crippen LogP) is 25.6. The fraction of sp³-hybridized carbons (Fsp3) is 0.0833. The van der Waals surface area contributed by atoms with Crippen LogP contribution in [0.5, 0.6) is 0 Å². The van der Waals surface area contributed by atoms with E-state index in [0.717, 1.165) is 138 Å². The van der Waals surface area contributed by atoms with Crippen molar-refractivity contribution >= 4 is 126 Å². The summed E-state index contributed by atoms with van der Waals surface area (Å²) in [6.07, 6.45) is 12.3. The zero-order valence-corrected chi connectivity index (χ0v) is 60.1. The van der Waals surface area contributed by atoms with E-state index in [1.54, 1.807) is 0 Å². The predicted molar refractivity (Wildman–Crippen MR) is 453 cm³/mol. The van der Waals surface area contributed by atoms with Crippen LogP contribution in [0, 0.1) is 5.92 Å². The Labute approximate surface area is 627 Å². The summed E-state index contributed by atoms with van der Waals surface area (Å²) in [6.45, 7) is 5.54. The molecule has 0 radical (unpaired) electrons. The summed E-state index contributed by atoms with van der Waals surface area (Å²) in [5.41, 5.74) is 20.0. The van der Waals surface area contributed by atoms with Crippen LogP contribution in [0.1, 0.15) is 61.8 Å². The first-order chi connectivity index (χ1) is 53.0. The molecule has 1 atom stereocenters. The molecule has 0 aliphatic heterocycles. The number of para-hydroxylation sites is 8. The lowest BCUT2D eigenvalue weighted by Gasteiger charge is -2.26. The molecule has 15 aromatic rings. The van der Waals surface area contributed by atoms with Gasteiger partial charge in [0.1, 0.15) is 0 Å². The summed E-state index contributed by atoms with van der Waals surface area (Å²) >= 11 is 0. The van der Waals surface area contributed by atoms with Gasteiger partial charge in [0.15, 0.2) is 0 Å². The third kappa shape index (κ3) is 16.4. The molecule has 0 bridgehead atoms. The van der Waals surface area contributed by atoms with Gasteiger partial charge in [0.2, 0.25) is 0 Å². The number of anilines is 14. The van der Waals surface area contributed by atoms with Crippen LogP contribution in [0.2, 0.25) is 0 Å². The summed E-state index contributed by atoms with van der Waals surface area (Å²) in [5.74, 6) is 0.495. The van der Waals surface area contributed by atoms with Gasteiger partial charge in [-0.15, -0.1) is 0 Å². The molecule has 0 saturated heterocycles. The minimum absolute atomic E-state index is 0.495. The Bertz CT molecular complexity index is 4670. The van der Waals surface area contributed by atoms with Crippen molar-refractivity contribution in [3.63, 3.8) is 0 Å². The van der Waals surface area contributed by atoms with Crippen LogP contribution >= 0.6 is 0 Å². The summed E-state index contributed by atoms with van der Waals surface area (Å²) in [5, 5.41) is 30.6. The number of fused-ring (bicyclic) bond motifs is 3. The van der Waals surface area contributed by atoms with Crippen molar-refractivity contribution in [3.8, 4) is 0 Å². The van der Waals surface area contributed by atoms with E-state index in [1.807, 2.05) is 190 Å². The smallest absolute Gasteiger partial charge is 0.0652 e. The first kappa shape index (κ1) is 69.1. The number of nitrogens with zero attached hydrogens (tertiary/aromatic N) is 11. The van der Waals surface area contributed by atoms with Gasteiger partial charge in [0, 0.05) is 62.5 Å². The van der Waals surface area contributed by atoms with Crippen LogP contribution in [0.15, 0.2) is 397 Å². The van der Waals surface area contributed by atoms with E-state index in [-0.39, 0.29) is 0 Å². The van der Waals surface area contributed by atoms with E-state index < -0.39 is 0 Å². The highest BCUT2D eigenvalue weighted by molar-refractivity contribution is 6.11. The lowest BCUT2D eigenvalue weighted by Crippen LogP contribution is -2.12. The van der Waals surface area contributed by atoms with E-state index in [2.05, 4.69) is 259 Å². The van der Waals surface area contributed by atoms with Gasteiger partial charge in [-0.3, -0.25) is 0 Å². The molecule has 0 amide bonds. The van der Waals surface area contributed by atoms with Gasteiger partial charge < -0.3 is 14.4 Å². The van der Waals surface area contributed by atoms with Crippen molar-refractivity contribution < 1.29 is 0 Å². The number of benzene rings is 14. The van der Waals surface area contributed by atoms with E-state index in [9.17, 15) is 0 Å². The van der Waals surface area contributed by atoms with Crippen LogP contribution in [0.4, 0.5) is 79.6 Å². The zero-order chi connectivity index (χ0) is 72.4. The Kier molecular flexibility index (Phi) is 21.7. The standard InChI is InChI=1S/C96H83N11/c1-3-5-30-74(4-2)73-101-95-65-63-91(102(79-55-47-75(48-56-79)69-97-104(83-31-14-6-15-32-83)84-33-16-7-17-34-84)80-57-49-76(50-58-80)70-98-105(85-35-18-8-19-36-85)86-37-20-9-21-38-86)67-93(95)94-68-92(64-66-96(94)101)103(81-59-51-77(52-60-81)71-99-106(87-39-22-10-23-40-87)88-41-24-11-25-42-88)82-61-53-78(54-62-82)72-100-107(89-43-26-12-27-44-89)90-45-28-13-29-46-90/h6-29,31-72,74H,3-5,30,73H2,1-2H3/b97-69+,98-70+,99-71+,100-72+. The van der Waals surface area contributed by atoms with E-state index >= 15 is 0 Å². The second kappa shape index (κ2) is 33.6. The topological polar surface area (TPSA) is 73.8 Å². The molecule has 0 aliphatic rings. The summed E-state index contributed by atoms with van der Waals surface area (Å²) in [4.78, 5) is 4.73. The van der Waals surface area contributed by atoms with Crippen LogP contribution in [0.3, 0.4) is 0 Å². The monoisotopic (exact) mass is 1390 g/mol. The Hall–Kier alpha value is -13.6. The largest absolute Gasteiger partial charge is 0.340 e. The van der Waals surface area contributed by atoms with Gasteiger partial charge in [-0.2, -0.15) is 20.4 Å². The fourth-order valence-electron chi connectivity index (χ4n) is 13.6. The van der Waals surface area contributed by atoms with Gasteiger partial charge in [0.05, 0.1) is 70.4 Å². The maximum atomic E-state index is 5.10. The molecule has 0 aliphatic carbocycles. The highest BCUT2D eigenvalue weighted by atomic mass is 15.5. The molecule has 1 aromatic heterocycles. The molecule has 0 fully saturated rings. The Balaban J connectivity index is 0.845. The van der Waals surface area contributed by atoms with Crippen LogP contribution in [-0.4, -0.2) is 29.4 Å². The number of hydrogen-bond acceptors (Lipinski definition) is 10. The quantitative estimate of drug-likeness (QED) is 0.0359.